The van der Waals surface area contributed by atoms with Crippen LogP contribution in [0.4, 0.5) is 9.18 Å². The average Bonchev–Trinajstić information content (AvgIpc) is 2.73. The number of hydrogen-bond acceptors (Lipinski definition) is 4. The maximum Gasteiger partial charge on any atom is 0.410 e. The molecule has 0 bridgehead atoms. The summed E-state index contributed by atoms with van der Waals surface area (Å²) >= 11 is 0. The van der Waals surface area contributed by atoms with Gasteiger partial charge < -0.3 is 19.1 Å². The van der Waals surface area contributed by atoms with Crippen LogP contribution in [0.15, 0.2) is 24.3 Å². The summed E-state index contributed by atoms with van der Waals surface area (Å²) in [5.74, 6) is 0.787. The van der Waals surface area contributed by atoms with Crippen LogP contribution in [0.2, 0.25) is 0 Å². The fourth-order valence-corrected chi connectivity index (χ4v) is 2.69. The highest BCUT2D eigenvalue weighted by Crippen LogP contribution is 2.21. The lowest BCUT2D eigenvalue weighted by atomic mass is 10.1. The number of hydrogen-bond donors (Lipinski definition) is 0. The highest BCUT2D eigenvalue weighted by molar-refractivity contribution is 5.68. The zero-order chi connectivity index (χ0) is 18.4. The molecule has 1 amide bonds. The molecule has 1 aromatic rings. The quantitative estimate of drug-likeness (QED) is 0.822. The van der Waals surface area contributed by atoms with Gasteiger partial charge in [-0.2, -0.15) is 0 Å². The molecule has 140 valence electrons. The van der Waals surface area contributed by atoms with Crippen molar-refractivity contribution in [2.75, 3.05) is 20.2 Å². The number of alkyl halides is 1. The third-order valence-electron chi connectivity index (χ3n) is 3.95. The van der Waals surface area contributed by atoms with Crippen molar-refractivity contribution < 1.29 is 23.4 Å². The molecular weight excluding hydrogens is 325 g/mol. The van der Waals surface area contributed by atoms with Crippen LogP contribution in [-0.4, -0.2) is 49.1 Å². The van der Waals surface area contributed by atoms with Crippen LogP contribution in [-0.2, 0) is 16.1 Å². The summed E-state index contributed by atoms with van der Waals surface area (Å²) in [7, 11) is 1.62. The van der Waals surface area contributed by atoms with E-state index in [0.29, 0.717) is 19.6 Å². The van der Waals surface area contributed by atoms with Crippen molar-refractivity contribution in [3.63, 3.8) is 0 Å². The van der Waals surface area contributed by atoms with Gasteiger partial charge in [0.2, 0.25) is 0 Å². The molecule has 0 radical (unpaired) electrons. The predicted molar refractivity (Wildman–Crippen MR) is 93.5 cm³/mol. The molecule has 0 spiro atoms. The van der Waals surface area contributed by atoms with E-state index in [1.807, 2.05) is 24.3 Å². The van der Waals surface area contributed by atoms with E-state index < -0.39 is 17.9 Å². The molecule has 0 N–H and O–H groups in total. The molecule has 1 heterocycles. The topological polar surface area (TPSA) is 48.0 Å². The maximum atomic E-state index is 14.2. The predicted octanol–water partition coefficient (Wildman–Crippen LogP) is 3.95. The van der Waals surface area contributed by atoms with Gasteiger partial charge in [-0.1, -0.05) is 12.1 Å². The fraction of sp³-hybridized carbons (Fsp3) is 0.632. The molecule has 0 saturated carbocycles. The molecule has 1 saturated heterocycles. The number of benzene rings is 1. The summed E-state index contributed by atoms with van der Waals surface area (Å²) in [6, 6.07) is 7.59. The summed E-state index contributed by atoms with van der Waals surface area (Å²) in [6.07, 6.45) is -0.919. The van der Waals surface area contributed by atoms with Gasteiger partial charge in [-0.25, -0.2) is 9.18 Å². The monoisotopic (exact) mass is 353 g/mol. The van der Waals surface area contributed by atoms with E-state index in [1.165, 1.54) is 4.90 Å². The average molecular weight is 353 g/mol. The number of halogens is 1. The Bertz CT molecular complexity index is 556. The third-order valence-corrected chi connectivity index (χ3v) is 3.95. The van der Waals surface area contributed by atoms with Crippen LogP contribution in [0.5, 0.6) is 5.75 Å². The van der Waals surface area contributed by atoms with Gasteiger partial charge in [-0.15, -0.1) is 0 Å². The highest BCUT2D eigenvalue weighted by Gasteiger charge is 2.30. The number of nitrogens with zero attached hydrogens (tertiary/aromatic N) is 1. The van der Waals surface area contributed by atoms with E-state index in [-0.39, 0.29) is 19.1 Å². The Labute approximate surface area is 149 Å². The van der Waals surface area contributed by atoms with Crippen LogP contribution in [0.1, 0.15) is 39.2 Å². The zero-order valence-electron chi connectivity index (χ0n) is 15.5. The lowest BCUT2D eigenvalue weighted by molar-refractivity contribution is 0.0189. The standard InChI is InChI=1S/C19H28FNO4/c1-19(2,3)25-18(22)21-10-9-17(11-15(20)12-21)24-13-14-5-7-16(23-4)8-6-14/h5-8,15,17H,9-13H2,1-4H3/t15-,17+/m0/s1. The highest BCUT2D eigenvalue weighted by atomic mass is 19.1. The van der Waals surface area contributed by atoms with Crippen molar-refractivity contribution in [3.8, 4) is 5.75 Å². The van der Waals surface area contributed by atoms with Crippen LogP contribution < -0.4 is 4.74 Å². The third kappa shape index (κ3) is 6.53. The SMILES string of the molecule is COc1ccc(CO[C@@H]2CCN(C(=O)OC(C)(C)C)C[C@@H](F)C2)cc1. The molecule has 1 aliphatic heterocycles. The van der Waals surface area contributed by atoms with Gasteiger partial charge in [-0.05, 0) is 44.9 Å². The lowest BCUT2D eigenvalue weighted by Gasteiger charge is -2.26. The molecule has 2 atom stereocenters. The van der Waals surface area contributed by atoms with Crippen molar-refractivity contribution in [1.29, 1.82) is 0 Å². The summed E-state index contributed by atoms with van der Waals surface area (Å²) in [5.41, 5.74) is 0.420. The van der Waals surface area contributed by atoms with Gasteiger partial charge in [0.25, 0.3) is 0 Å². The molecule has 1 aliphatic rings. The second-order valence-corrected chi connectivity index (χ2v) is 7.33. The Morgan fingerprint density at radius 3 is 2.56 bits per heavy atom. The molecular formula is C19H28FNO4. The second kappa shape index (κ2) is 8.52. The second-order valence-electron chi connectivity index (χ2n) is 7.33. The van der Waals surface area contributed by atoms with Crippen molar-refractivity contribution in [2.45, 2.75) is 58.1 Å². The first-order valence-corrected chi connectivity index (χ1v) is 8.63. The Balaban J connectivity index is 1.86. The smallest absolute Gasteiger partial charge is 0.410 e. The molecule has 25 heavy (non-hydrogen) atoms. The summed E-state index contributed by atoms with van der Waals surface area (Å²) in [6.45, 7) is 6.30. The number of likely N-dealkylation sites (tertiary alicyclic amines) is 1. The van der Waals surface area contributed by atoms with Crippen LogP contribution in [0.25, 0.3) is 0 Å². The Morgan fingerprint density at radius 2 is 1.96 bits per heavy atom. The number of methoxy groups -OCH3 is 1. The van der Waals surface area contributed by atoms with Gasteiger partial charge >= 0.3 is 6.09 Å². The largest absolute Gasteiger partial charge is 0.497 e. The first-order valence-electron chi connectivity index (χ1n) is 8.63. The van der Waals surface area contributed by atoms with Gasteiger partial charge in [0.05, 0.1) is 26.4 Å². The Kier molecular flexibility index (Phi) is 6.64. The van der Waals surface area contributed by atoms with Crippen LogP contribution in [0.3, 0.4) is 0 Å². The van der Waals surface area contributed by atoms with Crippen LogP contribution >= 0.6 is 0 Å². The summed E-state index contributed by atoms with van der Waals surface area (Å²) in [5, 5.41) is 0. The van der Waals surface area contributed by atoms with E-state index in [4.69, 9.17) is 14.2 Å². The van der Waals surface area contributed by atoms with Gasteiger partial charge in [0.15, 0.2) is 0 Å². The van der Waals surface area contributed by atoms with E-state index >= 15 is 0 Å². The minimum absolute atomic E-state index is 0.0529. The molecule has 0 aliphatic carbocycles. The molecule has 2 rings (SSSR count). The number of carbonyl (C=O) groups excluding carboxylic acids is 1. The molecule has 0 unspecified atom stereocenters. The van der Waals surface area contributed by atoms with E-state index in [0.717, 1.165) is 11.3 Å². The van der Waals surface area contributed by atoms with E-state index in [2.05, 4.69) is 0 Å². The molecule has 1 fully saturated rings. The van der Waals surface area contributed by atoms with Gasteiger partial charge in [-0.3, -0.25) is 0 Å². The number of rotatable bonds is 4. The van der Waals surface area contributed by atoms with E-state index in [1.54, 1.807) is 27.9 Å². The van der Waals surface area contributed by atoms with Crippen molar-refractivity contribution in [2.24, 2.45) is 0 Å². The molecule has 1 aromatic carbocycles. The number of ether oxygens (including phenoxy) is 3. The maximum absolute atomic E-state index is 14.2. The first kappa shape index (κ1) is 19.5. The number of amides is 1. The Morgan fingerprint density at radius 1 is 1.28 bits per heavy atom. The van der Waals surface area contributed by atoms with Gasteiger partial charge in [0.1, 0.15) is 17.5 Å². The number of carbonyl (C=O) groups is 1. The van der Waals surface area contributed by atoms with E-state index in [9.17, 15) is 9.18 Å². The van der Waals surface area contributed by atoms with Crippen LogP contribution in [0, 0.1) is 0 Å². The summed E-state index contributed by atoms with van der Waals surface area (Å²) in [4.78, 5) is 13.6. The molecule has 0 aromatic heterocycles. The van der Waals surface area contributed by atoms with Gasteiger partial charge in [0, 0.05) is 13.0 Å². The summed E-state index contributed by atoms with van der Waals surface area (Å²) < 4.78 is 30.5. The first-order chi connectivity index (χ1) is 11.8. The zero-order valence-corrected chi connectivity index (χ0v) is 15.5. The minimum atomic E-state index is -1.11. The molecule has 5 nitrogen and oxygen atoms in total. The van der Waals surface area contributed by atoms with Crippen molar-refractivity contribution in [1.82, 2.24) is 4.90 Å². The minimum Gasteiger partial charge on any atom is -0.497 e. The van der Waals surface area contributed by atoms with Crippen molar-refractivity contribution in [3.05, 3.63) is 29.8 Å². The lowest BCUT2D eigenvalue weighted by Crippen LogP contribution is -2.39. The fourth-order valence-electron chi connectivity index (χ4n) is 2.69. The normalized spacial score (nSPS) is 21.6. The van der Waals surface area contributed by atoms with Crippen molar-refractivity contribution >= 4 is 6.09 Å². The molecule has 6 heteroatoms. The Hall–Kier alpha value is -1.82.